The number of aliphatic hydroxyl groups excluding tert-OH is 1. The molecule has 0 saturated carbocycles. The Labute approximate surface area is 789 Å². The van der Waals surface area contributed by atoms with Crippen LogP contribution in [0.2, 0.25) is 0 Å². The minimum atomic E-state index is -3.66. The molecule has 3 aromatic carbocycles. The Morgan fingerprint density at radius 1 is 0.508 bits per heavy atom. The van der Waals surface area contributed by atoms with E-state index in [0.717, 1.165) is 69.6 Å². The highest BCUT2D eigenvalue weighted by Crippen LogP contribution is 2.06. The van der Waals surface area contributed by atoms with Gasteiger partial charge in [-0.3, -0.25) is 36.7 Å². The lowest BCUT2D eigenvalue weighted by molar-refractivity contribution is -0.849. The number of sulfonamides is 1. The first kappa shape index (κ1) is 185. The summed E-state index contributed by atoms with van der Waals surface area (Å²) in [5, 5.41) is 18.1. The largest absolute Gasteiger partial charge is 0.633 e. The minimum Gasteiger partial charge on any atom is -0.633 e. The molecule has 0 heterocycles. The van der Waals surface area contributed by atoms with E-state index in [9.17, 15) is 64.0 Å². The number of unbranched alkanes of at least 4 members (excludes halogenated alkanes) is 1. The summed E-state index contributed by atoms with van der Waals surface area (Å²) in [6, 6.07) is 27.5. The summed E-state index contributed by atoms with van der Waals surface area (Å²) in [6.45, 7) is 55.3. The van der Waals surface area contributed by atoms with Crippen molar-refractivity contribution in [1.82, 2.24) is 14.5 Å². The Morgan fingerprint density at radius 3 is 0.773 bits per heavy atom. The Hall–Kier alpha value is -7.43. The standard InChI is InChI=1S/C10H10O2.C8H8O2.C6H6.C6H12.C5H12O.C4H9NO.C4H12N.C4H9N.C4H11N.C4H10O.C4H10.C3H9NO.C3H9N.C3H6O3.C3H6O2.C3H8O.C3H6O.C2H7NO2S.C2H6O4S.C2H6O3S.C2H6O.2C2H4.4CH4/c1-7(11)9-3-5-10(6-4-9)8(2)12;1-10-8(9)7-5-3-2-4-6-7;1-2-4-6-5-3-1;1-5(2)6(3)4;1-3-4-5-6-2;1-4(6)5(2)3;1-5(2,3)4;1-4(2)5-3;1-4(2,3)5;1-3-4-5-2;1-4(2)3;1-4(2,3)5;1-4(2)3;1-5-3(4)6-2;1-3(4)5-2;2*1-3(2)4;1-3-6(2,4)5;1-5-7(3,4)6-2;1-5-6(2,3)4;1-3-2;2*1-2;;;;/h3-6H,1-2H3;2-6H,1H3;1-6H;1-4H3;3-5H2,1-2H3;1-3H3;1-4H3;1-3H3;5H2,1-3H3;3-4H2,1-2H3;4H,1-3H3;1-3H3;1-3H3;1-2H3;1-2H3;3-4H,1-2H3;1-2H3;3H,1-2H3;1-2H3;1-2H3;1-2H3;2*1-2H2;4*1H4/q;;;;;;+1;;;;;;;;;;;;;;;;;;;;. The maximum absolute atomic E-state index is 10.8. The van der Waals surface area contributed by atoms with Gasteiger partial charge >= 0.3 is 28.5 Å². The van der Waals surface area contributed by atoms with Crippen LogP contribution in [0.3, 0.4) is 0 Å². The molecule has 0 fully saturated rings. The van der Waals surface area contributed by atoms with Gasteiger partial charge in [-0.2, -0.15) is 16.8 Å². The van der Waals surface area contributed by atoms with Crippen LogP contribution >= 0.6 is 0 Å². The number of methoxy groups -OCH3 is 7. The highest BCUT2D eigenvalue weighted by atomic mass is 32.3. The fourth-order valence-corrected chi connectivity index (χ4v) is 2.80. The zero-order valence-electron chi connectivity index (χ0n) is 87.0. The van der Waals surface area contributed by atoms with Gasteiger partial charge in [0.1, 0.15) is 5.78 Å². The van der Waals surface area contributed by atoms with Crippen LogP contribution in [0.5, 0.6) is 0 Å². The quantitative estimate of drug-likeness (QED) is 0.0174. The van der Waals surface area contributed by atoms with Crippen LogP contribution in [0.4, 0.5) is 4.79 Å². The normalized spacial score (nSPS) is 8.71. The molecule has 0 radical (unpaired) electrons. The number of hydrogen-bond acceptors (Lipinski definition) is 28. The van der Waals surface area contributed by atoms with E-state index in [4.69, 9.17) is 20.3 Å². The molecule has 0 aromatic heterocycles. The van der Waals surface area contributed by atoms with E-state index in [1.54, 1.807) is 133 Å². The molecule has 32 nitrogen and oxygen atoms in total. The van der Waals surface area contributed by atoms with Crippen molar-refractivity contribution in [2.24, 2.45) is 16.6 Å². The maximum atomic E-state index is 10.8. The Kier molecular flexibility index (Phi) is 195. The van der Waals surface area contributed by atoms with Crippen LogP contribution < -0.4 is 10.5 Å². The number of nitrogens with two attached hydrogens (primary N) is 1. The number of aliphatic imine (C=N–C) groups is 1. The van der Waals surface area contributed by atoms with Crippen LogP contribution in [0.15, 0.2) is 133 Å². The van der Waals surface area contributed by atoms with Gasteiger partial charge in [0.15, 0.2) is 11.6 Å². The van der Waals surface area contributed by atoms with E-state index in [1.165, 1.54) is 106 Å². The van der Waals surface area contributed by atoms with Gasteiger partial charge in [0.05, 0.1) is 117 Å². The molecule has 128 heavy (non-hydrogen) atoms. The van der Waals surface area contributed by atoms with Crippen molar-refractivity contribution in [2.75, 3.05) is 203 Å². The van der Waals surface area contributed by atoms with E-state index in [1.807, 2.05) is 103 Å². The smallest absolute Gasteiger partial charge is 0.507 e. The lowest BCUT2D eigenvalue weighted by Gasteiger charge is -2.27. The number of carbonyl (C=O) groups excluding carboxylic acids is 7. The first-order valence-corrected chi connectivity index (χ1v) is 43.4. The fourth-order valence-electron chi connectivity index (χ4n) is 2.66. The predicted octanol–water partition coefficient (Wildman–Crippen LogP) is 18.6. The Balaban J connectivity index is -0.0000000405. The molecule has 1 amide bonds. The number of nitrogens with zero attached hydrogens (tertiary/aromatic N) is 5. The van der Waals surface area contributed by atoms with Gasteiger partial charge in [-0.1, -0.05) is 161 Å². The molecule has 0 bridgehead atoms. The number of amides is 1. The van der Waals surface area contributed by atoms with E-state index >= 15 is 0 Å². The zero-order chi connectivity index (χ0) is 104. The van der Waals surface area contributed by atoms with Crippen molar-refractivity contribution in [2.45, 2.75) is 213 Å². The van der Waals surface area contributed by atoms with Gasteiger partial charge in [-0.25, -0.2) is 22.7 Å². The van der Waals surface area contributed by atoms with Crippen LogP contribution in [0.25, 0.3) is 0 Å². The molecular formula is C93H202N7O25S3+. The second-order valence-electron chi connectivity index (χ2n) is 29.0. The summed E-state index contributed by atoms with van der Waals surface area (Å²) in [4.78, 5) is 78.6. The second-order valence-corrected chi connectivity index (χ2v) is 34.2. The van der Waals surface area contributed by atoms with Crippen molar-refractivity contribution >= 4 is 77.6 Å². The summed E-state index contributed by atoms with van der Waals surface area (Å²) < 4.78 is 104. The molecule has 35 heteroatoms. The van der Waals surface area contributed by atoms with E-state index in [0.29, 0.717) is 16.7 Å². The van der Waals surface area contributed by atoms with E-state index in [2.05, 4.69) is 163 Å². The highest BCUT2D eigenvalue weighted by Gasteiger charge is 2.03. The van der Waals surface area contributed by atoms with Crippen LogP contribution in [-0.4, -0.2) is 311 Å². The Morgan fingerprint density at radius 2 is 0.703 bits per heavy atom. The van der Waals surface area contributed by atoms with E-state index < -0.39 is 36.7 Å². The molecule has 0 unspecified atom stereocenters. The number of aliphatic hydroxyl groups is 1. The number of esters is 2. The number of rotatable bonds is 12. The van der Waals surface area contributed by atoms with Gasteiger partial charge in [0, 0.05) is 105 Å². The molecule has 0 atom stereocenters. The number of quaternary nitrogens is 2. The molecule has 0 spiro atoms. The average molecular weight is 1910 g/mol. The second kappa shape index (κ2) is 135. The van der Waals surface area contributed by atoms with Crippen molar-refractivity contribution in [3.05, 3.63) is 150 Å². The number of allylic oxidation sites excluding steroid dienone is 2. The number of carbonyl (C=O) groups is 7. The SMILES string of the molecule is C.C.C.C.C=C.C=C.CC(=O)N(C)C.CC(=O)c1ccc(C(C)=O)cc1.CC(C)(C)N.CC(C)=C(C)C.CC(C)=O.CC(C)C.CC(C)O.CCCCOC.CCCOC.CN(C)C.CN=C(C)C.CNS(C)(=O)=O.COC.COC(=O)OC.COC(=O)c1ccccc1.COC(C)=O.COS(=O)(=O)OC.COS(C)(=O)=O.C[N+](C)(C)C.C[N+](C)(C)[O-].c1ccccc1. The van der Waals surface area contributed by atoms with Crippen LogP contribution in [0.1, 0.15) is 232 Å². The summed E-state index contributed by atoms with van der Waals surface area (Å²) in [5.41, 5.74) is 11.2. The van der Waals surface area contributed by atoms with E-state index in [-0.39, 0.29) is 81.2 Å². The molecule has 0 aliphatic carbocycles. The summed E-state index contributed by atoms with van der Waals surface area (Å²) >= 11 is 0. The monoisotopic (exact) mass is 1910 g/mol. The first-order valence-electron chi connectivity index (χ1n) is 38.4. The first-order chi connectivity index (χ1) is 56.0. The predicted molar refractivity (Wildman–Crippen MR) is 550 cm³/mol. The highest BCUT2D eigenvalue weighted by molar-refractivity contribution is 7.88. The number of ketones is 3. The van der Waals surface area contributed by atoms with Gasteiger partial charge in [0.25, 0.3) is 10.1 Å². The fraction of sp³-hybridized carbons (Fsp3) is 0.656. The van der Waals surface area contributed by atoms with Crippen LogP contribution in [0, 0.1) is 11.1 Å². The molecule has 776 valence electrons. The van der Waals surface area contributed by atoms with Gasteiger partial charge < -0.3 is 72.9 Å². The van der Waals surface area contributed by atoms with Gasteiger partial charge in [0.2, 0.25) is 15.9 Å². The summed E-state index contributed by atoms with van der Waals surface area (Å²) in [7, 11) is 31.2. The average Bonchev–Trinajstić information content (AvgIpc) is 0.557. The molecule has 0 aliphatic rings. The third kappa shape index (κ3) is 406. The Bertz CT molecular complexity index is 2930. The molecule has 3 aromatic rings. The molecule has 0 aliphatic heterocycles. The molecular weight excluding hydrogens is 1710 g/mol. The maximum Gasteiger partial charge on any atom is 0.507 e. The van der Waals surface area contributed by atoms with Crippen molar-refractivity contribution in [1.29, 1.82) is 0 Å². The van der Waals surface area contributed by atoms with Crippen molar-refractivity contribution in [3.63, 3.8) is 0 Å². The van der Waals surface area contributed by atoms with Crippen molar-refractivity contribution < 1.29 is 119 Å². The number of hydroxylamine groups is 3. The number of hydrogen-bond donors (Lipinski definition) is 3. The van der Waals surface area contributed by atoms with Crippen molar-refractivity contribution in [3.8, 4) is 0 Å². The molecule has 0 saturated heterocycles. The molecule has 3 rings (SSSR count). The zero-order valence-corrected chi connectivity index (χ0v) is 89.4. The van der Waals surface area contributed by atoms with Gasteiger partial charge in [-0.05, 0) is 163 Å². The van der Waals surface area contributed by atoms with Crippen LogP contribution in [-0.2, 0) is 90.6 Å². The topological polar surface area (TPSA) is 414 Å². The third-order valence-electron chi connectivity index (χ3n) is 8.45. The number of Topliss-reactive ketones (excluding diaryl/α,β-unsaturated/α-hetero) is 3. The molecule has 4 N–H and O–H groups in total. The third-order valence-corrected chi connectivity index (χ3v) is 10.6. The lowest BCUT2D eigenvalue weighted by Crippen LogP contribution is -2.27. The number of benzene rings is 3. The lowest BCUT2D eigenvalue weighted by atomic mass is 10.1. The number of ether oxygens (including phenoxy) is 7. The summed E-state index contributed by atoms with van der Waals surface area (Å²) in [5.74, 6) is 0.593. The minimum absolute atomic E-state index is 0. The number of nitrogens with one attached hydrogen (secondary N) is 1. The summed E-state index contributed by atoms with van der Waals surface area (Å²) in [6.07, 6.45) is 4.82. The van der Waals surface area contributed by atoms with Gasteiger partial charge in [-0.15, -0.1) is 26.3 Å².